The minimum atomic E-state index is 0.569. The van der Waals surface area contributed by atoms with Gasteiger partial charge >= 0.3 is 0 Å². The van der Waals surface area contributed by atoms with Gasteiger partial charge < -0.3 is 14.5 Å². The van der Waals surface area contributed by atoms with Crippen LogP contribution in [0.1, 0.15) is 0 Å². The van der Waals surface area contributed by atoms with Gasteiger partial charge in [-0.15, -0.1) is 0 Å². The SMILES string of the molecule is COc1ccc(-c2ncc(-c3ccc(Cl)cc3Cl)[nH]2)cc1OC. The Balaban J connectivity index is 1.99. The van der Waals surface area contributed by atoms with Crippen molar-refractivity contribution in [1.29, 1.82) is 0 Å². The summed E-state index contributed by atoms with van der Waals surface area (Å²) in [5, 5.41) is 1.17. The molecule has 0 atom stereocenters. The first-order chi connectivity index (χ1) is 11.1. The van der Waals surface area contributed by atoms with Crippen molar-refractivity contribution in [3.05, 3.63) is 52.6 Å². The minimum Gasteiger partial charge on any atom is -0.493 e. The Morgan fingerprint density at radius 1 is 0.957 bits per heavy atom. The third-order valence-electron chi connectivity index (χ3n) is 3.45. The van der Waals surface area contributed by atoms with Crippen LogP contribution in [0.4, 0.5) is 0 Å². The summed E-state index contributed by atoms with van der Waals surface area (Å²) in [5.41, 5.74) is 2.55. The lowest BCUT2D eigenvalue weighted by atomic mass is 10.1. The van der Waals surface area contributed by atoms with Gasteiger partial charge in [0.25, 0.3) is 0 Å². The smallest absolute Gasteiger partial charge is 0.161 e. The minimum absolute atomic E-state index is 0.569. The zero-order valence-electron chi connectivity index (χ0n) is 12.6. The molecule has 118 valence electrons. The molecule has 0 aliphatic carbocycles. The second-order valence-electron chi connectivity index (χ2n) is 4.84. The molecule has 0 bridgehead atoms. The first kappa shape index (κ1) is 15.7. The molecule has 0 aliphatic rings. The van der Waals surface area contributed by atoms with Gasteiger partial charge in [0.05, 0.1) is 31.1 Å². The maximum atomic E-state index is 6.24. The number of methoxy groups -OCH3 is 2. The number of imidazole rings is 1. The Labute approximate surface area is 144 Å². The number of rotatable bonds is 4. The van der Waals surface area contributed by atoms with E-state index in [1.165, 1.54) is 0 Å². The zero-order chi connectivity index (χ0) is 16.4. The number of benzene rings is 2. The van der Waals surface area contributed by atoms with Gasteiger partial charge in [-0.2, -0.15) is 0 Å². The Kier molecular flexibility index (Phi) is 4.46. The average molecular weight is 349 g/mol. The van der Waals surface area contributed by atoms with Crippen molar-refractivity contribution < 1.29 is 9.47 Å². The first-order valence-corrected chi connectivity index (χ1v) is 7.61. The van der Waals surface area contributed by atoms with Crippen LogP contribution in [0, 0.1) is 0 Å². The molecule has 2 aromatic carbocycles. The lowest BCUT2D eigenvalue weighted by Crippen LogP contribution is -1.91. The van der Waals surface area contributed by atoms with Gasteiger partial charge in [0.15, 0.2) is 11.5 Å². The molecule has 0 saturated carbocycles. The second kappa shape index (κ2) is 6.52. The van der Waals surface area contributed by atoms with Crippen LogP contribution in [0.5, 0.6) is 11.5 Å². The summed E-state index contributed by atoms with van der Waals surface area (Å²) in [6, 6.07) is 11.0. The Hall–Kier alpha value is -2.17. The van der Waals surface area contributed by atoms with E-state index in [1.54, 1.807) is 32.5 Å². The standard InChI is InChI=1S/C17H14Cl2N2O2/c1-22-15-6-3-10(7-16(15)23-2)17-20-9-14(21-17)12-5-4-11(18)8-13(12)19/h3-9H,1-2H3,(H,20,21). The molecule has 0 saturated heterocycles. The molecule has 0 aliphatic heterocycles. The van der Waals surface area contributed by atoms with Gasteiger partial charge in [-0.3, -0.25) is 0 Å². The van der Waals surface area contributed by atoms with Crippen LogP contribution in [-0.2, 0) is 0 Å². The van der Waals surface area contributed by atoms with Crippen LogP contribution < -0.4 is 9.47 Å². The van der Waals surface area contributed by atoms with Crippen LogP contribution in [0.15, 0.2) is 42.6 Å². The van der Waals surface area contributed by atoms with Gasteiger partial charge in [0, 0.05) is 16.1 Å². The predicted molar refractivity (Wildman–Crippen MR) is 92.6 cm³/mol. The molecule has 0 radical (unpaired) electrons. The number of nitrogens with one attached hydrogen (secondary N) is 1. The van der Waals surface area contributed by atoms with Crippen molar-refractivity contribution in [2.75, 3.05) is 14.2 Å². The summed E-state index contributed by atoms with van der Waals surface area (Å²) in [4.78, 5) is 7.67. The van der Waals surface area contributed by atoms with Crippen molar-refractivity contribution in [3.63, 3.8) is 0 Å². The molecule has 6 heteroatoms. The fourth-order valence-electron chi connectivity index (χ4n) is 2.30. The Morgan fingerprint density at radius 2 is 1.74 bits per heavy atom. The molecule has 1 aromatic heterocycles. The van der Waals surface area contributed by atoms with Gasteiger partial charge in [0.2, 0.25) is 0 Å². The third kappa shape index (κ3) is 3.14. The Bertz CT molecular complexity index is 846. The van der Waals surface area contributed by atoms with Gasteiger partial charge in [-0.05, 0) is 36.4 Å². The van der Waals surface area contributed by atoms with E-state index in [1.807, 2.05) is 24.3 Å². The normalized spacial score (nSPS) is 10.6. The van der Waals surface area contributed by atoms with Crippen molar-refractivity contribution in [2.24, 2.45) is 0 Å². The van der Waals surface area contributed by atoms with Crippen molar-refractivity contribution in [2.45, 2.75) is 0 Å². The van der Waals surface area contributed by atoms with E-state index in [9.17, 15) is 0 Å². The summed E-state index contributed by atoms with van der Waals surface area (Å²) in [6.07, 6.45) is 1.74. The van der Waals surface area contributed by atoms with Crippen LogP contribution in [0.2, 0.25) is 10.0 Å². The van der Waals surface area contributed by atoms with E-state index in [-0.39, 0.29) is 0 Å². The first-order valence-electron chi connectivity index (χ1n) is 6.85. The summed E-state index contributed by atoms with van der Waals surface area (Å²) in [7, 11) is 3.20. The van der Waals surface area contributed by atoms with Crippen LogP contribution in [-0.4, -0.2) is 24.2 Å². The van der Waals surface area contributed by atoms with Crippen molar-refractivity contribution in [1.82, 2.24) is 9.97 Å². The van der Waals surface area contributed by atoms with Gasteiger partial charge in [0.1, 0.15) is 5.82 Å². The summed E-state index contributed by atoms with van der Waals surface area (Å²) < 4.78 is 10.6. The Morgan fingerprint density at radius 3 is 2.43 bits per heavy atom. The maximum Gasteiger partial charge on any atom is 0.161 e. The number of aromatic amines is 1. The summed E-state index contributed by atoms with van der Waals surface area (Å²) in [6.45, 7) is 0. The second-order valence-corrected chi connectivity index (χ2v) is 5.68. The van der Waals surface area contributed by atoms with Crippen molar-refractivity contribution in [3.8, 4) is 34.1 Å². The molecule has 1 N–H and O–H groups in total. The molecule has 3 rings (SSSR count). The number of H-pyrrole nitrogens is 1. The average Bonchev–Trinajstić information content (AvgIpc) is 3.03. The van der Waals surface area contributed by atoms with Gasteiger partial charge in [-0.25, -0.2) is 4.98 Å². The highest BCUT2D eigenvalue weighted by molar-refractivity contribution is 6.36. The largest absolute Gasteiger partial charge is 0.493 e. The fourth-order valence-corrected chi connectivity index (χ4v) is 2.81. The lowest BCUT2D eigenvalue weighted by Gasteiger charge is -2.08. The number of ether oxygens (including phenoxy) is 2. The molecular formula is C17H14Cl2N2O2. The van der Waals surface area contributed by atoms with E-state index >= 15 is 0 Å². The van der Waals surface area contributed by atoms with Crippen molar-refractivity contribution >= 4 is 23.2 Å². The van der Waals surface area contributed by atoms with E-state index in [4.69, 9.17) is 32.7 Å². The van der Waals surface area contributed by atoms with Crippen LogP contribution in [0.25, 0.3) is 22.6 Å². The topological polar surface area (TPSA) is 47.1 Å². The number of hydrogen-bond donors (Lipinski definition) is 1. The quantitative estimate of drug-likeness (QED) is 0.716. The maximum absolute atomic E-state index is 6.24. The van der Waals surface area contributed by atoms with E-state index in [0.29, 0.717) is 27.4 Å². The molecule has 0 spiro atoms. The highest BCUT2D eigenvalue weighted by Gasteiger charge is 2.11. The molecule has 23 heavy (non-hydrogen) atoms. The van der Waals surface area contributed by atoms with E-state index in [0.717, 1.165) is 16.8 Å². The monoisotopic (exact) mass is 348 g/mol. The molecule has 3 aromatic rings. The highest BCUT2D eigenvalue weighted by Crippen LogP contribution is 2.33. The molecule has 4 nitrogen and oxygen atoms in total. The molecule has 0 fully saturated rings. The lowest BCUT2D eigenvalue weighted by molar-refractivity contribution is 0.355. The highest BCUT2D eigenvalue weighted by atomic mass is 35.5. The zero-order valence-corrected chi connectivity index (χ0v) is 14.1. The number of aromatic nitrogens is 2. The van der Waals surface area contributed by atoms with Crippen LogP contribution in [0.3, 0.4) is 0 Å². The van der Waals surface area contributed by atoms with E-state index < -0.39 is 0 Å². The van der Waals surface area contributed by atoms with Crippen LogP contribution >= 0.6 is 23.2 Å². The number of nitrogens with zero attached hydrogens (tertiary/aromatic N) is 1. The summed E-state index contributed by atoms with van der Waals surface area (Å²) in [5.74, 6) is 2.03. The molecule has 1 heterocycles. The molecule has 0 unspecified atom stereocenters. The third-order valence-corrected chi connectivity index (χ3v) is 4.00. The summed E-state index contributed by atoms with van der Waals surface area (Å²) >= 11 is 12.2. The number of halogens is 2. The van der Waals surface area contributed by atoms with Gasteiger partial charge in [-0.1, -0.05) is 23.2 Å². The number of hydrogen-bond acceptors (Lipinski definition) is 3. The fraction of sp³-hybridized carbons (Fsp3) is 0.118. The molecular weight excluding hydrogens is 335 g/mol. The van der Waals surface area contributed by atoms with E-state index in [2.05, 4.69) is 9.97 Å². The predicted octanol–water partition coefficient (Wildman–Crippen LogP) is 5.07. The molecule has 0 amide bonds.